The quantitative estimate of drug-likeness (QED) is 0.820. The molecule has 0 saturated carbocycles. The van der Waals surface area contributed by atoms with Crippen LogP contribution in [-0.2, 0) is 6.54 Å². The monoisotopic (exact) mass is 298 g/mol. The lowest BCUT2D eigenvalue weighted by atomic mass is 10.2. The number of hydrogen-bond acceptors (Lipinski definition) is 2. The van der Waals surface area contributed by atoms with Crippen molar-refractivity contribution in [3.8, 4) is 17.1 Å². The zero-order valence-electron chi connectivity index (χ0n) is 11.2. The number of aromatic nitrogens is 2. The summed E-state index contributed by atoms with van der Waals surface area (Å²) >= 11 is 12.5. The average molecular weight is 299 g/mol. The van der Waals surface area contributed by atoms with E-state index in [1.54, 1.807) is 6.20 Å². The Morgan fingerprint density at radius 3 is 2.42 bits per heavy atom. The molecule has 1 aromatic carbocycles. The van der Waals surface area contributed by atoms with E-state index in [9.17, 15) is 0 Å². The van der Waals surface area contributed by atoms with Crippen molar-refractivity contribution in [2.24, 2.45) is 0 Å². The van der Waals surface area contributed by atoms with Crippen molar-refractivity contribution in [3.63, 3.8) is 0 Å². The highest BCUT2D eigenvalue weighted by Gasteiger charge is 2.14. The summed E-state index contributed by atoms with van der Waals surface area (Å²) in [5.41, 5.74) is 0.887. The lowest BCUT2D eigenvalue weighted by Crippen LogP contribution is -2.06. The first-order chi connectivity index (χ1) is 9.02. The zero-order valence-corrected chi connectivity index (χ0v) is 12.7. The van der Waals surface area contributed by atoms with Crippen molar-refractivity contribution < 1.29 is 4.74 Å². The Morgan fingerprint density at radius 1 is 1.26 bits per heavy atom. The van der Waals surface area contributed by atoms with E-state index in [1.165, 1.54) is 0 Å². The molecule has 0 N–H and O–H groups in total. The molecular weight excluding hydrogens is 283 g/mol. The van der Waals surface area contributed by atoms with Gasteiger partial charge in [0.05, 0.1) is 16.1 Å². The third-order valence-electron chi connectivity index (χ3n) is 2.67. The van der Waals surface area contributed by atoms with E-state index >= 15 is 0 Å². The predicted molar refractivity (Wildman–Crippen MR) is 79.1 cm³/mol. The molecule has 0 aliphatic rings. The molecular formula is C14H16Cl2N2O. The second-order valence-corrected chi connectivity index (χ2v) is 5.29. The fraction of sp³-hybridized carbons (Fsp3) is 0.357. The molecule has 0 aliphatic heterocycles. The molecule has 0 unspecified atom stereocenters. The second-order valence-electron chi connectivity index (χ2n) is 4.47. The molecule has 5 heteroatoms. The zero-order chi connectivity index (χ0) is 14.0. The topological polar surface area (TPSA) is 27.1 Å². The Kier molecular flexibility index (Phi) is 4.38. The first kappa shape index (κ1) is 14.2. The number of nitrogens with zero attached hydrogens (tertiary/aromatic N) is 2. The molecule has 1 heterocycles. The molecule has 0 spiro atoms. The van der Waals surface area contributed by atoms with E-state index in [4.69, 9.17) is 27.9 Å². The first-order valence-electron chi connectivity index (χ1n) is 6.20. The van der Waals surface area contributed by atoms with Crippen molar-refractivity contribution in [3.05, 3.63) is 34.6 Å². The standard InChI is InChI=1S/C14H16Cl2N2O/c1-4-18-6-5-17-14(18)10-7-11(15)13(12(16)8-10)19-9(2)3/h5-9H,4H2,1-3H3. The van der Waals surface area contributed by atoms with Gasteiger partial charge in [-0.2, -0.15) is 0 Å². The van der Waals surface area contributed by atoms with Gasteiger partial charge in [0.15, 0.2) is 5.75 Å². The fourth-order valence-electron chi connectivity index (χ4n) is 1.86. The highest BCUT2D eigenvalue weighted by atomic mass is 35.5. The lowest BCUT2D eigenvalue weighted by molar-refractivity contribution is 0.243. The number of benzene rings is 1. The molecule has 3 nitrogen and oxygen atoms in total. The molecule has 0 saturated heterocycles. The first-order valence-corrected chi connectivity index (χ1v) is 6.95. The van der Waals surface area contributed by atoms with E-state index in [0.29, 0.717) is 15.8 Å². The molecule has 0 radical (unpaired) electrons. The Morgan fingerprint density at radius 2 is 1.89 bits per heavy atom. The Balaban J connectivity index is 2.45. The van der Waals surface area contributed by atoms with Crippen molar-refractivity contribution >= 4 is 23.2 Å². The molecule has 1 aromatic heterocycles. The van der Waals surface area contributed by atoms with Gasteiger partial charge in [0.2, 0.25) is 0 Å². The van der Waals surface area contributed by atoms with Crippen molar-refractivity contribution in [2.75, 3.05) is 0 Å². The maximum absolute atomic E-state index is 6.24. The van der Waals surface area contributed by atoms with Crippen LogP contribution in [-0.4, -0.2) is 15.7 Å². The smallest absolute Gasteiger partial charge is 0.156 e. The Bertz CT molecular complexity index is 556. The van der Waals surface area contributed by atoms with Crippen LogP contribution in [0, 0.1) is 0 Å². The van der Waals surface area contributed by atoms with Gasteiger partial charge in [-0.15, -0.1) is 0 Å². The summed E-state index contributed by atoms with van der Waals surface area (Å²) in [6.07, 6.45) is 3.72. The molecule has 0 aliphatic carbocycles. The Labute approximate surface area is 123 Å². The summed E-state index contributed by atoms with van der Waals surface area (Å²) < 4.78 is 7.65. The lowest BCUT2D eigenvalue weighted by Gasteiger charge is -2.14. The third-order valence-corrected chi connectivity index (χ3v) is 3.23. The van der Waals surface area contributed by atoms with E-state index in [0.717, 1.165) is 17.9 Å². The van der Waals surface area contributed by atoms with Gasteiger partial charge in [0.1, 0.15) is 5.82 Å². The van der Waals surface area contributed by atoms with Crippen LogP contribution < -0.4 is 4.74 Å². The van der Waals surface area contributed by atoms with Crippen LogP contribution in [0.15, 0.2) is 24.5 Å². The van der Waals surface area contributed by atoms with Crippen LogP contribution in [0.5, 0.6) is 5.75 Å². The summed E-state index contributed by atoms with van der Waals surface area (Å²) in [6, 6.07) is 3.67. The van der Waals surface area contributed by atoms with Crippen LogP contribution in [0.1, 0.15) is 20.8 Å². The highest BCUT2D eigenvalue weighted by molar-refractivity contribution is 6.37. The van der Waals surface area contributed by atoms with Gasteiger partial charge in [-0.3, -0.25) is 0 Å². The second kappa shape index (κ2) is 5.85. The van der Waals surface area contributed by atoms with Crippen LogP contribution in [0.4, 0.5) is 0 Å². The van der Waals surface area contributed by atoms with E-state index in [-0.39, 0.29) is 6.10 Å². The summed E-state index contributed by atoms with van der Waals surface area (Å²) in [5.74, 6) is 1.37. The van der Waals surface area contributed by atoms with Gasteiger partial charge in [-0.1, -0.05) is 23.2 Å². The maximum atomic E-state index is 6.24. The Hall–Kier alpha value is -1.19. The molecule has 19 heavy (non-hydrogen) atoms. The number of ether oxygens (including phenoxy) is 1. The van der Waals surface area contributed by atoms with Gasteiger partial charge in [0.25, 0.3) is 0 Å². The number of rotatable bonds is 4. The predicted octanol–water partition coefficient (Wildman–Crippen LogP) is 4.66. The van der Waals surface area contributed by atoms with Crippen LogP contribution in [0.25, 0.3) is 11.4 Å². The molecule has 2 rings (SSSR count). The van der Waals surface area contributed by atoms with E-state index < -0.39 is 0 Å². The maximum Gasteiger partial charge on any atom is 0.156 e. The van der Waals surface area contributed by atoms with Gasteiger partial charge in [-0.25, -0.2) is 4.98 Å². The molecule has 0 fully saturated rings. The fourth-order valence-corrected chi connectivity index (χ4v) is 2.44. The van der Waals surface area contributed by atoms with Gasteiger partial charge in [-0.05, 0) is 32.9 Å². The largest absolute Gasteiger partial charge is 0.488 e. The summed E-state index contributed by atoms with van der Waals surface area (Å²) in [5, 5.41) is 1.00. The molecule has 0 atom stereocenters. The minimum atomic E-state index is 0.0264. The summed E-state index contributed by atoms with van der Waals surface area (Å²) in [4.78, 5) is 4.33. The van der Waals surface area contributed by atoms with Crippen LogP contribution >= 0.6 is 23.2 Å². The normalized spacial score (nSPS) is 11.1. The van der Waals surface area contributed by atoms with Crippen LogP contribution in [0.2, 0.25) is 10.0 Å². The van der Waals surface area contributed by atoms with Gasteiger partial charge in [0, 0.05) is 24.5 Å². The van der Waals surface area contributed by atoms with Crippen molar-refractivity contribution in [2.45, 2.75) is 33.4 Å². The molecule has 0 bridgehead atoms. The number of imidazole rings is 1. The number of halogens is 2. The summed E-state index contributed by atoms with van der Waals surface area (Å²) in [6.45, 7) is 6.77. The minimum Gasteiger partial charge on any atom is -0.488 e. The number of hydrogen-bond donors (Lipinski definition) is 0. The average Bonchev–Trinajstić information content (AvgIpc) is 2.81. The third kappa shape index (κ3) is 3.04. The van der Waals surface area contributed by atoms with E-state index in [1.807, 2.05) is 36.7 Å². The number of aryl methyl sites for hydroxylation is 1. The SMILES string of the molecule is CCn1ccnc1-c1cc(Cl)c(OC(C)C)c(Cl)c1. The minimum absolute atomic E-state index is 0.0264. The molecule has 2 aromatic rings. The molecule has 0 amide bonds. The van der Waals surface area contributed by atoms with Crippen LogP contribution in [0.3, 0.4) is 0 Å². The highest BCUT2D eigenvalue weighted by Crippen LogP contribution is 2.37. The van der Waals surface area contributed by atoms with Gasteiger partial charge < -0.3 is 9.30 Å². The van der Waals surface area contributed by atoms with Gasteiger partial charge >= 0.3 is 0 Å². The molecule has 102 valence electrons. The van der Waals surface area contributed by atoms with E-state index in [2.05, 4.69) is 11.9 Å². The van der Waals surface area contributed by atoms with Crippen molar-refractivity contribution in [1.29, 1.82) is 0 Å². The van der Waals surface area contributed by atoms with Crippen molar-refractivity contribution in [1.82, 2.24) is 9.55 Å². The summed E-state index contributed by atoms with van der Waals surface area (Å²) in [7, 11) is 0.